The zero-order chi connectivity index (χ0) is 23.5. The maximum absolute atomic E-state index is 13.3. The third-order valence-electron chi connectivity index (χ3n) is 5.07. The van der Waals surface area contributed by atoms with Gasteiger partial charge in [0, 0.05) is 11.3 Å². The average Bonchev–Trinajstić information content (AvgIpc) is 3.11. The zero-order valence-electron chi connectivity index (χ0n) is 18.4. The van der Waals surface area contributed by atoms with Gasteiger partial charge in [0.15, 0.2) is 0 Å². The van der Waals surface area contributed by atoms with Crippen LogP contribution in [0.4, 0.5) is 10.3 Å². The predicted molar refractivity (Wildman–Crippen MR) is 125 cm³/mol. The van der Waals surface area contributed by atoms with Gasteiger partial charge < -0.3 is 5.73 Å². The summed E-state index contributed by atoms with van der Waals surface area (Å²) in [6.45, 7) is 3.89. The van der Waals surface area contributed by atoms with Crippen LogP contribution < -0.4 is 22.1 Å². The number of halogens is 1. The molecule has 0 aliphatic carbocycles. The number of benzene rings is 1. The van der Waals surface area contributed by atoms with E-state index in [1.165, 1.54) is 21.2 Å². The molecule has 0 atom stereocenters. The van der Waals surface area contributed by atoms with E-state index in [4.69, 9.17) is 11.5 Å². The lowest BCUT2D eigenvalue weighted by Gasteiger charge is -2.10. The van der Waals surface area contributed by atoms with Crippen molar-refractivity contribution < 1.29 is 9.37 Å². The van der Waals surface area contributed by atoms with Crippen molar-refractivity contribution in [2.75, 3.05) is 5.73 Å². The van der Waals surface area contributed by atoms with Crippen LogP contribution in [-0.2, 0) is 6.54 Å². The molecule has 1 aromatic carbocycles. The first-order valence-corrected chi connectivity index (χ1v) is 10.5. The first kappa shape index (κ1) is 21.9. The number of aromatic amines is 1. The highest BCUT2D eigenvalue weighted by atomic mass is 19.1. The molecule has 0 aliphatic heterocycles. The maximum atomic E-state index is 13.3. The van der Waals surface area contributed by atoms with Crippen molar-refractivity contribution in [3.8, 4) is 11.3 Å². The minimum Gasteiger partial charge on any atom is -0.402 e. The lowest BCUT2D eigenvalue weighted by atomic mass is 9.98. The molecule has 4 rings (SSSR count). The molecule has 0 bridgehead atoms. The number of nitrogens with one attached hydrogen (secondary N) is 1. The molecule has 8 nitrogen and oxygen atoms in total. The fourth-order valence-corrected chi connectivity index (χ4v) is 3.69. The first-order valence-electron chi connectivity index (χ1n) is 10.5. The number of nitrogens with zero attached hydrogens (tertiary/aromatic N) is 4. The third kappa shape index (κ3) is 4.38. The largest absolute Gasteiger partial charge is 0.411 e. The van der Waals surface area contributed by atoms with Crippen molar-refractivity contribution in [2.24, 2.45) is 5.73 Å². The summed E-state index contributed by atoms with van der Waals surface area (Å²) in [6.07, 6.45) is 5.72. The van der Waals surface area contributed by atoms with Crippen molar-refractivity contribution >= 4 is 17.2 Å². The molecule has 5 N–H and O–H groups in total. The molecule has 0 spiro atoms. The van der Waals surface area contributed by atoms with Gasteiger partial charge in [0.1, 0.15) is 11.5 Å². The maximum Gasteiger partial charge on any atom is 0.411 e. The van der Waals surface area contributed by atoms with Gasteiger partial charge in [-0.1, -0.05) is 43.3 Å². The number of aromatic nitrogens is 5. The molecule has 3 aromatic heterocycles. The smallest absolute Gasteiger partial charge is 0.402 e. The van der Waals surface area contributed by atoms with Crippen LogP contribution in [0.1, 0.15) is 31.5 Å². The summed E-state index contributed by atoms with van der Waals surface area (Å²) < 4.78 is 15.8. The normalized spacial score (nSPS) is 12.5. The Labute approximate surface area is 189 Å². The van der Waals surface area contributed by atoms with Crippen LogP contribution in [0.2, 0.25) is 0 Å². The average molecular weight is 447 g/mol. The molecule has 0 radical (unpaired) electrons. The standard InChI is InChI=1S/C24H24FN7O/c1-3-7-17(12-15(2)26)20-21(16-8-5-4-6-9-16)29-23(27)32-22(20)30-31(24(32)33)14-19-11-10-18(25)13-28-19/h4-13H,3,14,26H2,1-2H3,(H2,27,29)/p+1/b15-12-,17-7+. The molecule has 4 aromatic rings. The lowest BCUT2D eigenvalue weighted by molar-refractivity contribution is -0.351. The number of H-pyrrole nitrogens is 1. The van der Waals surface area contributed by atoms with Gasteiger partial charge in [-0.3, -0.25) is 10.7 Å². The Morgan fingerprint density at radius 3 is 2.61 bits per heavy atom. The quantitative estimate of drug-likeness (QED) is 0.442. The van der Waals surface area contributed by atoms with Crippen LogP contribution in [0, 0.1) is 5.82 Å². The molecule has 0 unspecified atom stereocenters. The Balaban J connectivity index is 2.03. The fraction of sp³-hybridized carbons (Fsp3) is 0.167. The minimum atomic E-state index is -0.451. The van der Waals surface area contributed by atoms with E-state index < -0.39 is 11.5 Å². The van der Waals surface area contributed by atoms with Crippen molar-refractivity contribution in [3.05, 3.63) is 94.1 Å². The molecule has 0 amide bonds. The molecule has 0 saturated carbocycles. The van der Waals surface area contributed by atoms with E-state index >= 15 is 0 Å². The SMILES string of the molecule is CC/C=C(\C=C(\C)N)c1c(-c2ccccc2)[nH+]c(N)n2c(=O)n(Cc3ccc(F)cn3)nc12. The summed E-state index contributed by atoms with van der Waals surface area (Å²) in [5.41, 5.74) is 16.5. The van der Waals surface area contributed by atoms with Gasteiger partial charge in [-0.2, -0.15) is 4.68 Å². The van der Waals surface area contributed by atoms with Crippen molar-refractivity contribution in [1.82, 2.24) is 19.2 Å². The van der Waals surface area contributed by atoms with Gasteiger partial charge in [-0.15, -0.1) is 9.50 Å². The number of pyridine rings is 1. The highest BCUT2D eigenvalue weighted by molar-refractivity contribution is 5.89. The number of allylic oxidation sites excluding steroid dienone is 4. The lowest BCUT2D eigenvalue weighted by Crippen LogP contribution is -2.28. The minimum absolute atomic E-state index is 0.0684. The predicted octanol–water partition coefficient (Wildman–Crippen LogP) is 2.80. The summed E-state index contributed by atoms with van der Waals surface area (Å²) in [6, 6.07) is 12.5. The molecular weight excluding hydrogens is 421 g/mol. The van der Waals surface area contributed by atoms with Gasteiger partial charge in [0.05, 0.1) is 24.0 Å². The highest BCUT2D eigenvalue weighted by Crippen LogP contribution is 2.30. The zero-order valence-corrected chi connectivity index (χ0v) is 18.4. The van der Waals surface area contributed by atoms with Crippen LogP contribution in [0.5, 0.6) is 0 Å². The van der Waals surface area contributed by atoms with E-state index in [1.54, 1.807) is 6.92 Å². The second kappa shape index (κ2) is 9.07. The number of fused-ring (bicyclic) bond motifs is 1. The molecule has 9 heteroatoms. The number of hydrogen-bond donors (Lipinski definition) is 2. The van der Waals surface area contributed by atoms with E-state index in [0.29, 0.717) is 22.6 Å². The summed E-state index contributed by atoms with van der Waals surface area (Å²) in [7, 11) is 0. The van der Waals surface area contributed by atoms with Crippen LogP contribution in [0.25, 0.3) is 22.5 Å². The van der Waals surface area contributed by atoms with Crippen molar-refractivity contribution in [3.63, 3.8) is 0 Å². The van der Waals surface area contributed by atoms with Crippen molar-refractivity contribution in [2.45, 2.75) is 26.8 Å². The van der Waals surface area contributed by atoms with Gasteiger partial charge in [-0.25, -0.2) is 14.2 Å². The topological polar surface area (TPSA) is 118 Å². The first-order chi connectivity index (χ1) is 15.9. The molecule has 0 saturated heterocycles. The van der Waals surface area contributed by atoms with E-state index in [9.17, 15) is 9.18 Å². The third-order valence-corrected chi connectivity index (χ3v) is 5.07. The van der Waals surface area contributed by atoms with Crippen LogP contribution >= 0.6 is 0 Å². The summed E-state index contributed by atoms with van der Waals surface area (Å²) in [5, 5.41) is 4.61. The molecule has 168 valence electrons. The Bertz CT molecular complexity index is 1410. The molecular formula is C24H25FN7O+. The number of anilines is 1. The van der Waals surface area contributed by atoms with Gasteiger partial charge in [0.2, 0.25) is 5.65 Å². The fourth-order valence-electron chi connectivity index (χ4n) is 3.69. The second-order valence-corrected chi connectivity index (χ2v) is 7.65. The van der Waals surface area contributed by atoms with Crippen LogP contribution in [0.3, 0.4) is 0 Å². The highest BCUT2D eigenvalue weighted by Gasteiger charge is 2.26. The number of hydrogen-bond acceptors (Lipinski definition) is 5. The van der Waals surface area contributed by atoms with E-state index in [0.717, 1.165) is 29.4 Å². The van der Waals surface area contributed by atoms with E-state index in [2.05, 4.69) is 15.1 Å². The van der Waals surface area contributed by atoms with Gasteiger partial charge in [-0.05, 0) is 37.1 Å². The molecule has 33 heavy (non-hydrogen) atoms. The summed E-state index contributed by atoms with van der Waals surface area (Å²) >= 11 is 0. The van der Waals surface area contributed by atoms with Crippen LogP contribution in [0.15, 0.2) is 71.3 Å². The van der Waals surface area contributed by atoms with Gasteiger partial charge >= 0.3 is 11.6 Å². The number of rotatable bonds is 6. The summed E-state index contributed by atoms with van der Waals surface area (Å²) in [5.74, 6) is -0.312. The monoisotopic (exact) mass is 446 g/mol. The molecule has 0 fully saturated rings. The van der Waals surface area contributed by atoms with Crippen molar-refractivity contribution in [1.29, 1.82) is 0 Å². The Kier molecular flexibility index (Phi) is 6.03. The molecule has 0 aliphatic rings. The Hall–Kier alpha value is -4.27. The van der Waals surface area contributed by atoms with E-state index in [1.807, 2.05) is 49.4 Å². The number of nitrogens with two attached hydrogens (primary N) is 2. The van der Waals surface area contributed by atoms with Gasteiger partial charge in [0.25, 0.3) is 0 Å². The van der Waals surface area contributed by atoms with E-state index in [-0.39, 0.29) is 12.5 Å². The Morgan fingerprint density at radius 1 is 1.21 bits per heavy atom. The van der Waals surface area contributed by atoms with Crippen LogP contribution in [-0.4, -0.2) is 19.2 Å². The molecule has 3 heterocycles. The second-order valence-electron chi connectivity index (χ2n) is 7.65. The Morgan fingerprint density at radius 2 is 1.97 bits per heavy atom. The summed E-state index contributed by atoms with van der Waals surface area (Å²) in [4.78, 5) is 20.4. The number of nitrogen functional groups attached to an aromatic ring is 1.